The highest BCUT2D eigenvalue weighted by molar-refractivity contribution is 5.97. The van der Waals surface area contributed by atoms with E-state index in [9.17, 15) is 14.4 Å². The molecule has 154 valence electrons. The molecule has 3 aromatic carbocycles. The summed E-state index contributed by atoms with van der Waals surface area (Å²) in [6, 6.07) is 16.9. The molecule has 0 aromatic heterocycles. The van der Waals surface area contributed by atoms with Gasteiger partial charge in [-0.15, -0.1) is 0 Å². The van der Waals surface area contributed by atoms with Crippen LogP contribution in [-0.2, 0) is 19.9 Å². The molecule has 0 fully saturated rings. The second kappa shape index (κ2) is 6.70. The molecular weight excluding hydrogens is 400 g/mol. The minimum atomic E-state index is -1.39. The molecule has 2 aliphatic heterocycles. The lowest BCUT2D eigenvalue weighted by molar-refractivity contribution is -0.132. The first-order valence-electron chi connectivity index (χ1n) is 9.55. The molecule has 7 heteroatoms. The van der Waals surface area contributed by atoms with Gasteiger partial charge in [0.15, 0.2) is 5.60 Å². The van der Waals surface area contributed by atoms with Gasteiger partial charge >= 0.3 is 17.9 Å². The van der Waals surface area contributed by atoms with E-state index in [2.05, 4.69) is 0 Å². The number of carbonyl (C=O) groups is 3. The van der Waals surface area contributed by atoms with Gasteiger partial charge in [0.1, 0.15) is 23.0 Å². The van der Waals surface area contributed by atoms with Gasteiger partial charge in [0.05, 0.1) is 11.1 Å². The fourth-order valence-electron chi connectivity index (χ4n) is 4.15. The Morgan fingerprint density at radius 1 is 0.839 bits per heavy atom. The summed E-state index contributed by atoms with van der Waals surface area (Å²) in [7, 11) is 0. The molecule has 0 amide bonds. The average Bonchev–Trinajstić information content (AvgIpc) is 3.00. The summed E-state index contributed by atoms with van der Waals surface area (Å²) in [5, 5.41) is 0. The largest absolute Gasteiger partial charge is 0.456 e. The number of rotatable bonds is 2. The zero-order valence-corrected chi connectivity index (χ0v) is 16.6. The van der Waals surface area contributed by atoms with Crippen molar-refractivity contribution in [2.45, 2.75) is 19.4 Å². The maximum absolute atomic E-state index is 12.9. The minimum absolute atomic E-state index is 0.226. The Labute approximate surface area is 177 Å². The first-order chi connectivity index (χ1) is 14.9. The van der Waals surface area contributed by atoms with Crippen molar-refractivity contribution in [3.63, 3.8) is 0 Å². The first kappa shape index (κ1) is 18.9. The van der Waals surface area contributed by atoms with E-state index in [1.807, 2.05) is 0 Å². The Morgan fingerprint density at radius 2 is 1.61 bits per heavy atom. The van der Waals surface area contributed by atoms with Gasteiger partial charge in [0.25, 0.3) is 0 Å². The SMILES string of the molecule is CC(=O)Oc1ccc2c(c1)Oc1cccc(OC(C)=O)c1C21OC(=O)c2ccccc21. The fraction of sp³-hybridized carbons (Fsp3) is 0.125. The summed E-state index contributed by atoms with van der Waals surface area (Å²) in [4.78, 5) is 36.1. The normalized spacial score (nSPS) is 17.7. The van der Waals surface area contributed by atoms with E-state index in [1.165, 1.54) is 13.8 Å². The lowest BCUT2D eigenvalue weighted by atomic mass is 9.77. The van der Waals surface area contributed by atoms with Crippen LogP contribution >= 0.6 is 0 Å². The number of ether oxygens (including phenoxy) is 4. The second-order valence-corrected chi connectivity index (χ2v) is 7.19. The zero-order valence-electron chi connectivity index (χ0n) is 16.6. The van der Waals surface area contributed by atoms with Crippen molar-refractivity contribution in [1.82, 2.24) is 0 Å². The minimum Gasteiger partial charge on any atom is -0.456 e. The maximum Gasteiger partial charge on any atom is 0.340 e. The molecule has 2 heterocycles. The highest BCUT2D eigenvalue weighted by Gasteiger charge is 2.55. The molecule has 0 N–H and O–H groups in total. The molecular formula is C24H16O7. The molecule has 1 atom stereocenters. The van der Waals surface area contributed by atoms with Gasteiger partial charge in [-0.1, -0.05) is 24.3 Å². The van der Waals surface area contributed by atoms with Gasteiger partial charge in [-0.05, 0) is 30.3 Å². The Bertz CT molecular complexity index is 1280. The number of hydrogen-bond donors (Lipinski definition) is 0. The predicted molar refractivity (Wildman–Crippen MR) is 107 cm³/mol. The van der Waals surface area contributed by atoms with Crippen LogP contribution in [0.2, 0.25) is 0 Å². The smallest absolute Gasteiger partial charge is 0.340 e. The monoisotopic (exact) mass is 416 g/mol. The molecule has 1 unspecified atom stereocenters. The van der Waals surface area contributed by atoms with E-state index in [0.29, 0.717) is 39.5 Å². The highest BCUT2D eigenvalue weighted by atomic mass is 16.6. The summed E-state index contributed by atoms with van der Waals surface area (Å²) in [6.45, 7) is 2.60. The van der Waals surface area contributed by atoms with E-state index in [4.69, 9.17) is 18.9 Å². The molecule has 2 aliphatic rings. The van der Waals surface area contributed by atoms with E-state index >= 15 is 0 Å². The Kier molecular flexibility index (Phi) is 4.08. The van der Waals surface area contributed by atoms with Crippen LogP contribution in [0.3, 0.4) is 0 Å². The van der Waals surface area contributed by atoms with Crippen molar-refractivity contribution in [2.75, 3.05) is 0 Å². The number of fused-ring (bicyclic) bond motifs is 6. The van der Waals surface area contributed by atoms with Crippen LogP contribution in [0.5, 0.6) is 23.0 Å². The lowest BCUT2D eigenvalue weighted by Crippen LogP contribution is -2.33. The van der Waals surface area contributed by atoms with Crippen LogP contribution in [0.25, 0.3) is 0 Å². The number of carbonyl (C=O) groups excluding carboxylic acids is 3. The molecule has 3 aromatic rings. The third-order valence-corrected chi connectivity index (χ3v) is 5.18. The van der Waals surface area contributed by atoms with Crippen LogP contribution in [0.1, 0.15) is 40.9 Å². The maximum atomic E-state index is 12.9. The summed E-state index contributed by atoms with van der Waals surface area (Å²) < 4.78 is 22.8. The van der Waals surface area contributed by atoms with Crippen LogP contribution < -0.4 is 14.2 Å². The van der Waals surface area contributed by atoms with Gasteiger partial charge in [-0.3, -0.25) is 9.59 Å². The van der Waals surface area contributed by atoms with E-state index in [-0.39, 0.29) is 5.75 Å². The first-order valence-corrected chi connectivity index (χ1v) is 9.55. The fourth-order valence-corrected chi connectivity index (χ4v) is 4.15. The number of esters is 3. The molecule has 5 rings (SSSR count). The molecule has 0 saturated heterocycles. The standard InChI is InChI=1S/C24H16O7/c1-13(25)28-15-10-11-18-21(12-15)30-20-9-5-8-19(29-14(2)26)22(20)24(18)17-7-4-3-6-16(17)23(27)31-24/h3-12H,1-2H3. The van der Waals surface area contributed by atoms with Crippen LogP contribution in [0, 0.1) is 0 Å². The molecule has 0 aliphatic carbocycles. The third kappa shape index (κ3) is 2.78. The number of hydrogen-bond acceptors (Lipinski definition) is 7. The van der Waals surface area contributed by atoms with Gasteiger partial charge in [0.2, 0.25) is 0 Å². The quantitative estimate of drug-likeness (QED) is 0.459. The topological polar surface area (TPSA) is 88.1 Å². The van der Waals surface area contributed by atoms with Gasteiger partial charge in [-0.2, -0.15) is 0 Å². The van der Waals surface area contributed by atoms with Gasteiger partial charge < -0.3 is 18.9 Å². The number of benzene rings is 3. The van der Waals surface area contributed by atoms with E-state index in [0.717, 1.165) is 0 Å². The van der Waals surface area contributed by atoms with Crippen LogP contribution in [0.15, 0.2) is 60.7 Å². The summed E-state index contributed by atoms with van der Waals surface area (Å²) in [6.07, 6.45) is 0. The molecule has 31 heavy (non-hydrogen) atoms. The Hall–Kier alpha value is -4.13. The molecule has 0 bridgehead atoms. The van der Waals surface area contributed by atoms with Gasteiger partial charge in [0, 0.05) is 31.0 Å². The van der Waals surface area contributed by atoms with Crippen LogP contribution in [-0.4, -0.2) is 17.9 Å². The Balaban J connectivity index is 1.83. The van der Waals surface area contributed by atoms with Crippen molar-refractivity contribution in [3.8, 4) is 23.0 Å². The molecule has 0 saturated carbocycles. The predicted octanol–water partition coefficient (Wildman–Crippen LogP) is 4.11. The molecule has 7 nitrogen and oxygen atoms in total. The van der Waals surface area contributed by atoms with Crippen molar-refractivity contribution in [2.24, 2.45) is 0 Å². The summed E-state index contributed by atoms with van der Waals surface area (Å²) in [5.74, 6) is -0.261. The van der Waals surface area contributed by atoms with Crippen molar-refractivity contribution >= 4 is 17.9 Å². The van der Waals surface area contributed by atoms with Crippen molar-refractivity contribution < 1.29 is 33.3 Å². The van der Waals surface area contributed by atoms with Crippen molar-refractivity contribution in [3.05, 3.63) is 82.9 Å². The third-order valence-electron chi connectivity index (χ3n) is 5.18. The van der Waals surface area contributed by atoms with Gasteiger partial charge in [-0.25, -0.2) is 4.79 Å². The molecule has 0 radical (unpaired) electrons. The van der Waals surface area contributed by atoms with Crippen molar-refractivity contribution in [1.29, 1.82) is 0 Å². The summed E-state index contributed by atoms with van der Waals surface area (Å²) >= 11 is 0. The van der Waals surface area contributed by atoms with E-state index in [1.54, 1.807) is 60.7 Å². The lowest BCUT2D eigenvalue weighted by Gasteiger charge is -2.37. The van der Waals surface area contributed by atoms with Crippen LogP contribution in [0.4, 0.5) is 0 Å². The molecule has 1 spiro atoms. The zero-order chi connectivity index (χ0) is 21.8. The summed E-state index contributed by atoms with van der Waals surface area (Å²) in [5.41, 5.74) is 0.552. The average molecular weight is 416 g/mol. The second-order valence-electron chi connectivity index (χ2n) is 7.19. The highest BCUT2D eigenvalue weighted by Crippen LogP contribution is 2.58. The Morgan fingerprint density at radius 3 is 2.39 bits per heavy atom. The van der Waals surface area contributed by atoms with E-state index < -0.39 is 23.5 Å².